The molecule has 2 atom stereocenters. The van der Waals surface area contributed by atoms with Gasteiger partial charge in [0.2, 0.25) is 0 Å². The Labute approximate surface area is 122 Å². The van der Waals surface area contributed by atoms with Crippen LogP contribution >= 0.6 is 11.8 Å². The maximum atomic E-state index is 13.6. The van der Waals surface area contributed by atoms with E-state index in [-0.39, 0.29) is 23.7 Å². The summed E-state index contributed by atoms with van der Waals surface area (Å²) in [5.41, 5.74) is -0.0686. The topological polar surface area (TPSA) is 17.1 Å². The second-order valence-electron chi connectivity index (χ2n) is 5.82. The molecule has 1 aromatic rings. The maximum absolute atomic E-state index is 13.6. The second kappa shape index (κ2) is 5.84. The van der Waals surface area contributed by atoms with Crippen LogP contribution in [0.5, 0.6) is 0 Å². The predicted octanol–water partition coefficient (Wildman–Crippen LogP) is 4.14. The minimum Gasteiger partial charge on any atom is -0.299 e. The Morgan fingerprint density at radius 3 is 2.35 bits per heavy atom. The molecule has 0 saturated carbocycles. The van der Waals surface area contributed by atoms with Crippen molar-refractivity contribution in [3.05, 3.63) is 35.4 Å². The zero-order valence-corrected chi connectivity index (χ0v) is 12.1. The van der Waals surface area contributed by atoms with Crippen LogP contribution in [-0.4, -0.2) is 16.3 Å². The van der Waals surface area contributed by atoms with Crippen LogP contribution in [-0.2, 0) is 11.2 Å². The Bertz CT molecular complexity index is 485. The van der Waals surface area contributed by atoms with Gasteiger partial charge in [0.15, 0.2) is 0 Å². The van der Waals surface area contributed by atoms with Gasteiger partial charge in [-0.3, -0.25) is 4.79 Å². The minimum atomic E-state index is -0.608. The Balaban J connectivity index is 1.70. The van der Waals surface area contributed by atoms with Crippen molar-refractivity contribution in [2.24, 2.45) is 5.92 Å². The van der Waals surface area contributed by atoms with Gasteiger partial charge >= 0.3 is 0 Å². The van der Waals surface area contributed by atoms with E-state index >= 15 is 0 Å². The first kappa shape index (κ1) is 14.1. The van der Waals surface area contributed by atoms with Gasteiger partial charge in [-0.25, -0.2) is 8.78 Å². The zero-order valence-electron chi connectivity index (χ0n) is 11.3. The molecule has 0 aliphatic carbocycles. The molecule has 108 valence electrons. The largest absolute Gasteiger partial charge is 0.299 e. The van der Waals surface area contributed by atoms with Crippen LogP contribution in [0.1, 0.15) is 37.7 Å². The molecule has 0 spiro atoms. The SMILES string of the molecule is O=C(Cc1c(F)cccc1F)C1CC2CCCC(C1)S2. The van der Waals surface area contributed by atoms with Crippen molar-refractivity contribution in [1.29, 1.82) is 0 Å². The number of carbonyl (C=O) groups excluding carboxylic acids is 1. The van der Waals surface area contributed by atoms with Crippen molar-refractivity contribution < 1.29 is 13.6 Å². The quantitative estimate of drug-likeness (QED) is 0.834. The first-order valence-corrected chi connectivity index (χ1v) is 8.19. The maximum Gasteiger partial charge on any atom is 0.140 e. The first-order chi connectivity index (χ1) is 9.63. The highest BCUT2D eigenvalue weighted by Gasteiger charge is 2.35. The average molecular weight is 296 g/mol. The van der Waals surface area contributed by atoms with Crippen LogP contribution in [0.25, 0.3) is 0 Å². The monoisotopic (exact) mass is 296 g/mol. The van der Waals surface area contributed by atoms with Crippen LogP contribution in [0.3, 0.4) is 0 Å². The summed E-state index contributed by atoms with van der Waals surface area (Å²) in [6.07, 6.45) is 5.28. The van der Waals surface area contributed by atoms with Gasteiger partial charge in [0.25, 0.3) is 0 Å². The van der Waals surface area contributed by atoms with Gasteiger partial charge in [-0.15, -0.1) is 0 Å². The lowest BCUT2D eigenvalue weighted by Crippen LogP contribution is -2.33. The highest BCUT2D eigenvalue weighted by atomic mass is 32.2. The molecular weight excluding hydrogens is 278 g/mol. The van der Waals surface area contributed by atoms with Gasteiger partial charge in [0.1, 0.15) is 17.4 Å². The molecule has 0 amide bonds. The summed E-state index contributed by atoms with van der Waals surface area (Å²) in [5, 5.41) is 1.14. The van der Waals surface area contributed by atoms with Crippen molar-refractivity contribution in [2.75, 3.05) is 0 Å². The lowest BCUT2D eigenvalue weighted by atomic mass is 9.84. The first-order valence-electron chi connectivity index (χ1n) is 7.24. The number of ketones is 1. The fraction of sp³-hybridized carbons (Fsp3) is 0.562. The van der Waals surface area contributed by atoms with Gasteiger partial charge < -0.3 is 0 Å². The third-order valence-corrected chi connectivity index (χ3v) is 6.03. The van der Waals surface area contributed by atoms with Crippen LogP contribution in [0, 0.1) is 17.6 Å². The fourth-order valence-electron chi connectivity index (χ4n) is 3.34. The van der Waals surface area contributed by atoms with E-state index in [9.17, 15) is 13.6 Å². The average Bonchev–Trinajstić information content (AvgIpc) is 2.42. The highest BCUT2D eigenvalue weighted by molar-refractivity contribution is 8.00. The Morgan fingerprint density at radius 2 is 1.75 bits per heavy atom. The summed E-state index contributed by atoms with van der Waals surface area (Å²) in [7, 11) is 0. The second-order valence-corrected chi connectivity index (χ2v) is 7.43. The van der Waals surface area contributed by atoms with Crippen molar-refractivity contribution in [1.82, 2.24) is 0 Å². The highest BCUT2D eigenvalue weighted by Crippen LogP contribution is 2.44. The molecule has 0 N–H and O–H groups in total. The summed E-state index contributed by atoms with van der Waals surface area (Å²) in [5.74, 6) is -1.22. The van der Waals surface area contributed by atoms with E-state index < -0.39 is 11.6 Å². The van der Waals surface area contributed by atoms with Crippen molar-refractivity contribution in [2.45, 2.75) is 49.0 Å². The van der Waals surface area contributed by atoms with Crippen LogP contribution in [0.4, 0.5) is 8.78 Å². The Morgan fingerprint density at radius 1 is 1.15 bits per heavy atom. The van der Waals surface area contributed by atoms with E-state index in [2.05, 4.69) is 0 Å². The van der Waals surface area contributed by atoms with E-state index in [4.69, 9.17) is 0 Å². The van der Waals surface area contributed by atoms with E-state index in [1.807, 2.05) is 11.8 Å². The number of carbonyl (C=O) groups is 1. The number of hydrogen-bond donors (Lipinski definition) is 0. The number of hydrogen-bond acceptors (Lipinski definition) is 2. The van der Waals surface area contributed by atoms with E-state index in [1.54, 1.807) is 0 Å². The number of rotatable bonds is 3. The molecule has 1 nitrogen and oxygen atoms in total. The van der Waals surface area contributed by atoms with Gasteiger partial charge in [-0.1, -0.05) is 12.5 Å². The number of Topliss-reactive ketones (excluding diaryl/α,β-unsaturated/α-hetero) is 1. The minimum absolute atomic E-state index is 0.00574. The molecule has 2 saturated heterocycles. The summed E-state index contributed by atoms with van der Waals surface area (Å²) in [6.45, 7) is 0. The molecule has 2 heterocycles. The molecule has 2 bridgehead atoms. The van der Waals surface area contributed by atoms with Gasteiger partial charge in [-0.2, -0.15) is 11.8 Å². The third kappa shape index (κ3) is 2.90. The lowest BCUT2D eigenvalue weighted by molar-refractivity contribution is -0.122. The summed E-state index contributed by atoms with van der Waals surface area (Å²) < 4.78 is 27.2. The summed E-state index contributed by atoms with van der Waals surface area (Å²) in [4.78, 5) is 12.4. The molecule has 3 rings (SSSR count). The number of benzene rings is 1. The van der Waals surface area contributed by atoms with Crippen LogP contribution < -0.4 is 0 Å². The predicted molar refractivity (Wildman–Crippen MR) is 76.8 cm³/mol. The normalized spacial score (nSPS) is 29.2. The molecule has 2 fully saturated rings. The summed E-state index contributed by atoms with van der Waals surface area (Å²) in [6, 6.07) is 3.77. The van der Waals surface area contributed by atoms with E-state index in [0.29, 0.717) is 10.5 Å². The lowest BCUT2D eigenvalue weighted by Gasteiger charge is -2.38. The van der Waals surface area contributed by atoms with Gasteiger partial charge in [0, 0.05) is 28.4 Å². The van der Waals surface area contributed by atoms with Crippen LogP contribution in [0.2, 0.25) is 0 Å². The molecule has 0 aromatic heterocycles. The Hall–Kier alpha value is -0.900. The zero-order chi connectivity index (χ0) is 14.1. The number of halogens is 2. The summed E-state index contributed by atoms with van der Waals surface area (Å²) >= 11 is 2.01. The molecule has 1 aromatic carbocycles. The fourth-order valence-corrected chi connectivity index (χ4v) is 5.18. The van der Waals surface area contributed by atoms with Gasteiger partial charge in [0.05, 0.1) is 0 Å². The van der Waals surface area contributed by atoms with Crippen molar-refractivity contribution >= 4 is 17.5 Å². The molecule has 4 heteroatoms. The molecule has 2 unspecified atom stereocenters. The molecule has 0 radical (unpaired) electrons. The third-order valence-electron chi connectivity index (χ3n) is 4.40. The standard InChI is InChI=1S/C16H18F2OS/c17-14-5-2-6-15(18)13(14)9-16(19)10-7-11-3-1-4-12(8-10)20-11/h2,5-6,10-12H,1,3-4,7-9H2. The number of fused-ring (bicyclic) bond motifs is 2. The molecule has 2 aliphatic heterocycles. The smallest absolute Gasteiger partial charge is 0.140 e. The molecule has 20 heavy (non-hydrogen) atoms. The Kier molecular flexibility index (Phi) is 4.11. The molecule has 2 aliphatic rings. The van der Waals surface area contributed by atoms with Gasteiger partial charge in [-0.05, 0) is 37.8 Å². The van der Waals surface area contributed by atoms with Crippen LogP contribution in [0.15, 0.2) is 18.2 Å². The van der Waals surface area contributed by atoms with E-state index in [1.165, 1.54) is 37.5 Å². The number of thioether (sulfide) groups is 1. The van der Waals surface area contributed by atoms with E-state index in [0.717, 1.165) is 12.8 Å². The van der Waals surface area contributed by atoms with Crippen molar-refractivity contribution in [3.8, 4) is 0 Å². The van der Waals surface area contributed by atoms with Crippen molar-refractivity contribution in [3.63, 3.8) is 0 Å². The molecular formula is C16H18F2OS.